The van der Waals surface area contributed by atoms with E-state index in [-0.39, 0.29) is 62.0 Å². The second-order valence-corrected chi connectivity index (χ2v) is 4.88. The van der Waals surface area contributed by atoms with Crippen molar-refractivity contribution in [1.82, 2.24) is 49.9 Å². The lowest BCUT2D eigenvalue weighted by molar-refractivity contribution is 0.270. The Morgan fingerprint density at radius 2 is 1.86 bits per heavy atom. The van der Waals surface area contributed by atoms with Crippen molar-refractivity contribution in [2.24, 2.45) is 5.11 Å². The summed E-state index contributed by atoms with van der Waals surface area (Å²) in [6.45, 7) is -0.0118. The number of nitrogens with one attached hydrogen (secondary N) is 2. The van der Waals surface area contributed by atoms with Crippen molar-refractivity contribution < 1.29 is 10.2 Å². The molecule has 0 bridgehead atoms. The van der Waals surface area contributed by atoms with Gasteiger partial charge in [0, 0.05) is 11.5 Å². The molecule has 28 heavy (non-hydrogen) atoms. The Morgan fingerprint density at radius 1 is 1.07 bits per heavy atom. The smallest absolute Gasteiger partial charge is 0.292 e. The largest absolute Gasteiger partial charge is 0.395 e. The quantitative estimate of drug-likeness (QED) is 0.152. The number of aliphatic hydroxyl groups is 2. The third kappa shape index (κ3) is 4.15. The van der Waals surface area contributed by atoms with Gasteiger partial charge in [0.2, 0.25) is 23.8 Å². The maximum absolute atomic E-state index is 9.03. The molecule has 0 saturated carbocycles. The molecule has 3 heterocycles. The fourth-order valence-corrected chi connectivity index (χ4v) is 1.97. The molecular formula is C10H14N16O2. The van der Waals surface area contributed by atoms with E-state index >= 15 is 0 Å². The van der Waals surface area contributed by atoms with Crippen LogP contribution in [0.4, 0.5) is 29.7 Å². The summed E-state index contributed by atoms with van der Waals surface area (Å²) >= 11 is 0. The summed E-state index contributed by atoms with van der Waals surface area (Å²) in [6, 6.07) is 0. The van der Waals surface area contributed by atoms with Gasteiger partial charge in [0.05, 0.1) is 19.8 Å². The molecule has 0 aliphatic heterocycles. The monoisotopic (exact) mass is 390 g/mol. The molecule has 3 aromatic heterocycles. The Labute approximate surface area is 155 Å². The Morgan fingerprint density at radius 3 is 2.54 bits per heavy atom. The van der Waals surface area contributed by atoms with Crippen LogP contribution in [0.3, 0.4) is 0 Å². The van der Waals surface area contributed by atoms with Crippen molar-refractivity contribution in [1.29, 1.82) is 0 Å². The van der Waals surface area contributed by atoms with Crippen molar-refractivity contribution >= 4 is 29.7 Å². The lowest BCUT2D eigenvalue weighted by Gasteiger charge is -2.06. The zero-order valence-electron chi connectivity index (χ0n) is 14.1. The number of hydrogen-bond donors (Lipinski definition) is 5. The van der Waals surface area contributed by atoms with E-state index in [1.165, 1.54) is 4.68 Å². The molecule has 18 heteroatoms. The molecule has 0 fully saturated rings. The normalized spacial score (nSPS) is 10.5. The molecule has 18 nitrogen and oxygen atoms in total. The minimum atomic E-state index is -0.179. The minimum absolute atomic E-state index is 0.00119. The van der Waals surface area contributed by atoms with Crippen molar-refractivity contribution in [3.63, 3.8) is 0 Å². The number of aliphatic hydroxyl groups excluding tert-OH is 2. The number of hydrogen-bond acceptors (Lipinski definition) is 14. The number of anilines is 4. The predicted molar refractivity (Wildman–Crippen MR) is 91.7 cm³/mol. The van der Waals surface area contributed by atoms with E-state index in [1.54, 1.807) is 0 Å². The van der Waals surface area contributed by atoms with E-state index in [0.717, 1.165) is 4.68 Å². The standard InChI is InChI=1S/C10H14N16O2/c11-5-14-9(25(22-5)2-4-28)15-6-17-20-10(21-18-6)26-8(13-1-3-27)16-7(23-26)19-24-12/h27-28H,1-4H2,(H,13,16,23)(H3,11,14,15,17,18,22). The second kappa shape index (κ2) is 8.49. The molecule has 0 radical (unpaired) electrons. The summed E-state index contributed by atoms with van der Waals surface area (Å²) in [7, 11) is 0. The lowest BCUT2D eigenvalue weighted by Crippen LogP contribution is -2.15. The highest BCUT2D eigenvalue weighted by molar-refractivity contribution is 5.44. The number of rotatable bonds is 9. The third-order valence-corrected chi connectivity index (χ3v) is 3.01. The maximum atomic E-state index is 9.03. The van der Waals surface area contributed by atoms with Gasteiger partial charge in [-0.1, -0.05) is 0 Å². The molecule has 0 aliphatic carbocycles. The predicted octanol–water partition coefficient (Wildman–Crippen LogP) is -1.90. The number of nitrogens with two attached hydrogens (primary N) is 1. The van der Waals surface area contributed by atoms with E-state index in [4.69, 9.17) is 21.5 Å². The minimum Gasteiger partial charge on any atom is -0.395 e. The van der Waals surface area contributed by atoms with Crippen molar-refractivity contribution in [2.75, 3.05) is 36.1 Å². The van der Waals surface area contributed by atoms with Gasteiger partial charge in [-0.3, -0.25) is 5.32 Å². The molecule has 0 saturated heterocycles. The van der Waals surface area contributed by atoms with Gasteiger partial charge in [-0.2, -0.15) is 14.6 Å². The number of aromatic nitrogens is 10. The van der Waals surface area contributed by atoms with Crippen LogP contribution in [0.2, 0.25) is 0 Å². The second-order valence-electron chi connectivity index (χ2n) is 4.88. The first kappa shape index (κ1) is 18.6. The van der Waals surface area contributed by atoms with Crippen LogP contribution in [-0.2, 0) is 6.54 Å². The van der Waals surface area contributed by atoms with E-state index in [1.807, 2.05) is 0 Å². The molecule has 146 valence electrons. The molecule has 0 unspecified atom stereocenters. The van der Waals surface area contributed by atoms with Gasteiger partial charge < -0.3 is 21.3 Å². The molecule has 3 rings (SSSR count). The van der Waals surface area contributed by atoms with E-state index in [9.17, 15) is 0 Å². The van der Waals surface area contributed by atoms with Crippen molar-refractivity contribution in [2.45, 2.75) is 6.54 Å². The van der Waals surface area contributed by atoms with Gasteiger partial charge >= 0.3 is 0 Å². The highest BCUT2D eigenvalue weighted by Gasteiger charge is 2.15. The van der Waals surface area contributed by atoms with Gasteiger partial charge in [0.15, 0.2) is 0 Å². The summed E-state index contributed by atoms with van der Waals surface area (Å²) in [4.78, 5) is 10.5. The molecule has 6 N–H and O–H groups in total. The highest BCUT2D eigenvalue weighted by atomic mass is 16.3. The lowest BCUT2D eigenvalue weighted by atomic mass is 10.7. The Balaban J connectivity index is 1.83. The topological polar surface area (TPSA) is 252 Å². The first-order valence-corrected chi connectivity index (χ1v) is 7.67. The van der Waals surface area contributed by atoms with E-state index in [0.29, 0.717) is 0 Å². The fourth-order valence-electron chi connectivity index (χ4n) is 1.97. The van der Waals surface area contributed by atoms with Gasteiger partial charge in [0.25, 0.3) is 11.9 Å². The van der Waals surface area contributed by atoms with Gasteiger partial charge in [-0.05, 0) is 10.6 Å². The summed E-state index contributed by atoms with van der Waals surface area (Å²) < 4.78 is 2.43. The van der Waals surface area contributed by atoms with Crippen LogP contribution >= 0.6 is 0 Å². The van der Waals surface area contributed by atoms with E-state index in [2.05, 4.69) is 61.2 Å². The average Bonchev–Trinajstić information content (AvgIpc) is 3.24. The number of nitrogens with zero attached hydrogens (tertiary/aromatic N) is 13. The Hall–Kier alpha value is -4.15. The van der Waals surface area contributed by atoms with E-state index < -0.39 is 0 Å². The summed E-state index contributed by atoms with van der Waals surface area (Å²) in [5.41, 5.74) is 14.0. The van der Waals surface area contributed by atoms with Crippen LogP contribution in [0.15, 0.2) is 5.11 Å². The van der Waals surface area contributed by atoms with Crippen LogP contribution in [0.25, 0.3) is 16.4 Å². The fraction of sp³-hybridized carbons (Fsp3) is 0.400. The zero-order chi connectivity index (χ0) is 19.9. The van der Waals surface area contributed by atoms with Gasteiger partial charge in [-0.15, -0.1) is 30.6 Å². The first-order valence-electron chi connectivity index (χ1n) is 7.67. The van der Waals surface area contributed by atoms with Crippen LogP contribution < -0.4 is 16.4 Å². The summed E-state index contributed by atoms with van der Waals surface area (Å²) in [6.07, 6.45) is 0. The van der Waals surface area contributed by atoms with Crippen molar-refractivity contribution in [3.05, 3.63) is 10.4 Å². The van der Waals surface area contributed by atoms with Crippen LogP contribution in [0.1, 0.15) is 0 Å². The number of nitrogen functional groups attached to an aromatic ring is 1. The molecule has 0 aliphatic rings. The van der Waals surface area contributed by atoms with Crippen LogP contribution in [0, 0.1) is 0 Å². The third-order valence-electron chi connectivity index (χ3n) is 3.01. The summed E-state index contributed by atoms with van der Waals surface area (Å²) in [5.74, 6) is 0.0447. The van der Waals surface area contributed by atoms with Gasteiger partial charge in [-0.25, -0.2) is 4.68 Å². The number of azide groups is 1. The molecule has 3 aromatic rings. The zero-order valence-corrected chi connectivity index (χ0v) is 14.1. The van der Waals surface area contributed by atoms with Crippen molar-refractivity contribution in [3.8, 4) is 5.95 Å². The first-order chi connectivity index (χ1) is 13.6. The summed E-state index contributed by atoms with van der Waals surface area (Å²) in [5, 5.41) is 50.0. The Kier molecular flexibility index (Phi) is 5.65. The van der Waals surface area contributed by atoms with Crippen LogP contribution in [-0.4, -0.2) is 79.9 Å². The molecule has 0 aromatic carbocycles. The average molecular weight is 390 g/mol. The SMILES string of the molecule is [N-]=[N+]=Nc1nc(NCCO)n(-c2nnc(Nc3nc(N)nn3CCO)nn2)n1. The van der Waals surface area contributed by atoms with Gasteiger partial charge in [0.1, 0.15) is 0 Å². The Bertz CT molecular complexity index is 972. The maximum Gasteiger partial charge on any atom is 0.292 e. The molecule has 0 atom stereocenters. The molecule has 0 amide bonds. The molecule has 0 spiro atoms. The van der Waals surface area contributed by atoms with Crippen LogP contribution in [0.5, 0.6) is 0 Å². The highest BCUT2D eigenvalue weighted by Crippen LogP contribution is 2.15. The molecular weight excluding hydrogens is 376 g/mol.